The van der Waals surface area contributed by atoms with Crippen molar-refractivity contribution >= 4 is 27.9 Å². The molecule has 2 amide bonds. The van der Waals surface area contributed by atoms with Crippen LogP contribution in [0.15, 0.2) is 0 Å². The number of rotatable bonds is 6. The summed E-state index contributed by atoms with van der Waals surface area (Å²) in [7, 11) is 0. The van der Waals surface area contributed by atoms with Gasteiger partial charge in [0, 0.05) is 11.4 Å². The minimum absolute atomic E-state index is 0.00757. The molecule has 0 N–H and O–H groups in total. The molecule has 15 heavy (non-hydrogen) atoms. The Morgan fingerprint density at radius 2 is 2.20 bits per heavy atom. The van der Waals surface area contributed by atoms with Gasteiger partial charge in [-0.1, -0.05) is 35.7 Å². The van der Waals surface area contributed by atoms with Gasteiger partial charge in [-0.25, -0.2) is 9.69 Å². The van der Waals surface area contributed by atoms with E-state index in [-0.39, 0.29) is 18.6 Å². The minimum atomic E-state index is -0.484. The first-order valence-electron chi connectivity index (χ1n) is 5.25. The van der Waals surface area contributed by atoms with Gasteiger partial charge in [-0.3, -0.25) is 4.79 Å². The molecule has 0 radical (unpaired) electrons. The summed E-state index contributed by atoms with van der Waals surface area (Å²) >= 11 is 3.34. The van der Waals surface area contributed by atoms with Crippen molar-refractivity contribution in [2.75, 3.05) is 11.9 Å². The first kappa shape index (κ1) is 12.5. The lowest BCUT2D eigenvalue weighted by atomic mass is 10.1. The zero-order chi connectivity index (χ0) is 11.3. The molecule has 0 unspecified atom stereocenters. The van der Waals surface area contributed by atoms with E-state index in [0.29, 0.717) is 0 Å². The van der Waals surface area contributed by atoms with Gasteiger partial charge in [0.05, 0.1) is 0 Å². The highest BCUT2D eigenvalue weighted by Gasteiger charge is 2.36. The van der Waals surface area contributed by atoms with Gasteiger partial charge >= 0.3 is 6.09 Å². The molecule has 1 aliphatic heterocycles. The second kappa shape index (κ2) is 6.10. The molecular formula is C10H16BrNO3. The maximum Gasteiger partial charge on any atom is 0.417 e. The van der Waals surface area contributed by atoms with E-state index < -0.39 is 6.09 Å². The molecule has 0 aromatic heterocycles. The van der Waals surface area contributed by atoms with Gasteiger partial charge in [-0.15, -0.1) is 0 Å². The van der Waals surface area contributed by atoms with Crippen LogP contribution in [-0.2, 0) is 9.53 Å². The average molecular weight is 278 g/mol. The van der Waals surface area contributed by atoms with Crippen molar-refractivity contribution in [3.8, 4) is 0 Å². The van der Waals surface area contributed by atoms with Crippen molar-refractivity contribution in [3.05, 3.63) is 0 Å². The number of unbranched alkanes of at least 4 members (excludes halogenated alkanes) is 1. The summed E-state index contributed by atoms with van der Waals surface area (Å²) in [6.07, 6.45) is 3.26. The van der Waals surface area contributed by atoms with Crippen LogP contribution in [0.4, 0.5) is 4.79 Å². The summed E-state index contributed by atoms with van der Waals surface area (Å²) in [5, 5.41) is 0.790. The second-order valence-corrected chi connectivity index (χ2v) is 4.39. The molecule has 0 aliphatic carbocycles. The number of hydrogen-bond donors (Lipinski definition) is 0. The van der Waals surface area contributed by atoms with Gasteiger partial charge < -0.3 is 4.74 Å². The van der Waals surface area contributed by atoms with Crippen molar-refractivity contribution in [1.29, 1.82) is 0 Å². The number of hydrogen-bond acceptors (Lipinski definition) is 3. The summed E-state index contributed by atoms with van der Waals surface area (Å²) in [5.74, 6) is -0.206. The Morgan fingerprint density at radius 3 is 2.67 bits per heavy atom. The average Bonchev–Trinajstić information content (AvgIpc) is 2.54. The SMILES string of the molecule is CCCC[C@@H](CCBr)N1C(=O)COC1=O. The highest BCUT2D eigenvalue weighted by Crippen LogP contribution is 2.18. The molecule has 0 saturated carbocycles. The second-order valence-electron chi connectivity index (χ2n) is 3.59. The number of cyclic esters (lactones) is 1. The van der Waals surface area contributed by atoms with Crippen molar-refractivity contribution in [1.82, 2.24) is 4.90 Å². The molecule has 1 fully saturated rings. The summed E-state index contributed by atoms with van der Waals surface area (Å²) in [5.41, 5.74) is 0. The fourth-order valence-electron chi connectivity index (χ4n) is 1.69. The third-order valence-corrected chi connectivity index (χ3v) is 2.94. The van der Waals surface area contributed by atoms with Crippen LogP contribution in [0.5, 0.6) is 0 Å². The molecule has 0 bridgehead atoms. The quantitative estimate of drug-likeness (QED) is 0.700. The standard InChI is InChI=1S/C10H16BrNO3/c1-2-3-4-8(5-6-11)12-9(13)7-15-10(12)14/h8H,2-7H2,1H3/t8-/m0/s1. The minimum Gasteiger partial charge on any atom is -0.439 e. The van der Waals surface area contributed by atoms with E-state index in [1.54, 1.807) is 0 Å². The van der Waals surface area contributed by atoms with Gasteiger partial charge in [0.25, 0.3) is 5.91 Å². The molecule has 86 valence electrons. The zero-order valence-electron chi connectivity index (χ0n) is 8.87. The van der Waals surface area contributed by atoms with Gasteiger partial charge in [-0.05, 0) is 12.8 Å². The number of carbonyl (C=O) groups is 2. The molecule has 1 aliphatic rings. The van der Waals surface area contributed by atoms with Crippen LogP contribution in [0, 0.1) is 0 Å². The Morgan fingerprint density at radius 1 is 1.47 bits per heavy atom. The van der Waals surface area contributed by atoms with Crippen molar-refractivity contribution in [2.45, 2.75) is 38.6 Å². The first-order valence-corrected chi connectivity index (χ1v) is 6.37. The van der Waals surface area contributed by atoms with Crippen molar-refractivity contribution in [2.24, 2.45) is 0 Å². The lowest BCUT2D eigenvalue weighted by molar-refractivity contribution is -0.127. The van der Waals surface area contributed by atoms with E-state index in [1.807, 2.05) is 0 Å². The summed E-state index contributed by atoms with van der Waals surface area (Å²) in [4.78, 5) is 24.0. The molecule has 5 heteroatoms. The number of carbonyl (C=O) groups excluding carboxylic acids is 2. The van der Waals surface area contributed by atoms with Crippen LogP contribution in [0.2, 0.25) is 0 Å². The molecule has 4 nitrogen and oxygen atoms in total. The third-order valence-electron chi connectivity index (χ3n) is 2.48. The fraction of sp³-hybridized carbons (Fsp3) is 0.800. The lowest BCUT2D eigenvalue weighted by Crippen LogP contribution is -2.39. The van der Waals surface area contributed by atoms with E-state index in [2.05, 4.69) is 22.9 Å². The van der Waals surface area contributed by atoms with Crippen LogP contribution in [0.25, 0.3) is 0 Å². The molecule has 1 heterocycles. The van der Waals surface area contributed by atoms with Gasteiger partial charge in [0.15, 0.2) is 6.61 Å². The zero-order valence-corrected chi connectivity index (χ0v) is 10.5. The van der Waals surface area contributed by atoms with Gasteiger partial charge in [0.1, 0.15) is 0 Å². The molecule has 1 rings (SSSR count). The molecule has 0 aromatic rings. The number of nitrogens with zero attached hydrogens (tertiary/aromatic N) is 1. The van der Waals surface area contributed by atoms with Crippen molar-refractivity contribution < 1.29 is 14.3 Å². The van der Waals surface area contributed by atoms with E-state index in [4.69, 9.17) is 4.74 Å². The Bertz CT molecular complexity index is 229. The monoisotopic (exact) mass is 277 g/mol. The largest absolute Gasteiger partial charge is 0.439 e. The van der Waals surface area contributed by atoms with Crippen LogP contribution in [0.1, 0.15) is 32.6 Å². The first-order chi connectivity index (χ1) is 7.20. The predicted octanol–water partition coefficient (Wildman–Crippen LogP) is 2.31. The summed E-state index contributed by atoms with van der Waals surface area (Å²) in [6.45, 7) is 2.00. The number of imide groups is 1. The molecule has 1 saturated heterocycles. The predicted molar refractivity (Wildman–Crippen MR) is 59.9 cm³/mol. The van der Waals surface area contributed by atoms with E-state index in [1.165, 1.54) is 4.90 Å². The Hall–Kier alpha value is -0.580. The third kappa shape index (κ3) is 3.19. The summed E-state index contributed by atoms with van der Waals surface area (Å²) in [6, 6.07) is -0.00757. The van der Waals surface area contributed by atoms with E-state index in [0.717, 1.165) is 31.0 Å². The molecule has 1 atom stereocenters. The smallest absolute Gasteiger partial charge is 0.417 e. The normalized spacial score (nSPS) is 18.1. The maximum absolute atomic E-state index is 11.4. The van der Waals surface area contributed by atoms with Gasteiger partial charge in [0.2, 0.25) is 0 Å². The summed E-state index contributed by atoms with van der Waals surface area (Å²) < 4.78 is 4.71. The van der Waals surface area contributed by atoms with Crippen LogP contribution in [0.3, 0.4) is 0 Å². The number of halogens is 1. The molecule has 0 aromatic carbocycles. The van der Waals surface area contributed by atoms with Crippen LogP contribution in [-0.4, -0.2) is 34.9 Å². The highest BCUT2D eigenvalue weighted by molar-refractivity contribution is 9.09. The van der Waals surface area contributed by atoms with Crippen LogP contribution < -0.4 is 0 Å². The Balaban J connectivity index is 2.60. The number of ether oxygens (including phenoxy) is 1. The van der Waals surface area contributed by atoms with Crippen LogP contribution >= 0.6 is 15.9 Å². The topological polar surface area (TPSA) is 46.6 Å². The molecular weight excluding hydrogens is 262 g/mol. The van der Waals surface area contributed by atoms with Gasteiger partial charge in [-0.2, -0.15) is 0 Å². The highest BCUT2D eigenvalue weighted by atomic mass is 79.9. The molecule has 0 spiro atoms. The Kier molecular flexibility index (Phi) is 5.08. The van der Waals surface area contributed by atoms with Crippen molar-refractivity contribution in [3.63, 3.8) is 0 Å². The number of alkyl halides is 1. The Labute approximate surface area is 98.1 Å². The van der Waals surface area contributed by atoms with E-state index >= 15 is 0 Å². The lowest BCUT2D eigenvalue weighted by Gasteiger charge is -2.23. The number of amides is 2. The maximum atomic E-state index is 11.4. The fourth-order valence-corrected chi connectivity index (χ4v) is 2.21. The van der Waals surface area contributed by atoms with E-state index in [9.17, 15) is 9.59 Å².